The van der Waals surface area contributed by atoms with Crippen LogP contribution in [-0.2, 0) is 16.4 Å². The lowest BCUT2D eigenvalue weighted by atomic mass is 10.3. The maximum Gasteiger partial charge on any atom is 0.177 e. The van der Waals surface area contributed by atoms with Gasteiger partial charge >= 0.3 is 0 Å². The summed E-state index contributed by atoms with van der Waals surface area (Å²) in [6.45, 7) is 6.16. The van der Waals surface area contributed by atoms with E-state index in [-0.39, 0.29) is 4.90 Å². The fourth-order valence-electron chi connectivity index (χ4n) is 2.63. The average Bonchev–Trinajstić information content (AvgIpc) is 2.92. The second kappa shape index (κ2) is 6.29. The van der Waals surface area contributed by atoms with Gasteiger partial charge in [-0.15, -0.1) is 0 Å². The summed E-state index contributed by atoms with van der Waals surface area (Å²) in [6, 6.07) is 5.34. The first-order chi connectivity index (χ1) is 10.9. The summed E-state index contributed by atoms with van der Waals surface area (Å²) in [5, 5.41) is 3.90. The molecule has 0 aromatic carbocycles. The number of aryl methyl sites for hydroxylation is 1. The summed E-state index contributed by atoms with van der Waals surface area (Å²) in [7, 11) is -3.20. The van der Waals surface area contributed by atoms with E-state index < -0.39 is 9.84 Å². The Morgan fingerprint density at radius 1 is 1.22 bits per heavy atom. The van der Waals surface area contributed by atoms with Gasteiger partial charge in [-0.1, -0.05) is 5.16 Å². The summed E-state index contributed by atoms with van der Waals surface area (Å²) < 4.78 is 28.2. The van der Waals surface area contributed by atoms with Crippen LogP contribution in [0, 0.1) is 6.92 Å². The SMILES string of the molecule is Cc1cc(CN2CCN(c3ccc(S(C)(=O)=O)cn3)CC2)on1. The zero-order valence-corrected chi connectivity index (χ0v) is 14.1. The Balaban J connectivity index is 1.58. The maximum atomic E-state index is 11.5. The Morgan fingerprint density at radius 2 is 1.96 bits per heavy atom. The van der Waals surface area contributed by atoms with Crippen LogP contribution in [-0.4, -0.2) is 55.9 Å². The Hall–Kier alpha value is -1.93. The molecule has 0 spiro atoms. The number of anilines is 1. The molecule has 1 saturated heterocycles. The van der Waals surface area contributed by atoms with Crippen LogP contribution in [0.2, 0.25) is 0 Å². The fraction of sp³-hybridized carbons (Fsp3) is 0.467. The van der Waals surface area contributed by atoms with Gasteiger partial charge in [0.25, 0.3) is 0 Å². The number of pyridine rings is 1. The first-order valence-corrected chi connectivity index (χ1v) is 9.36. The fourth-order valence-corrected chi connectivity index (χ4v) is 3.18. The van der Waals surface area contributed by atoms with Crippen molar-refractivity contribution >= 4 is 15.7 Å². The molecule has 2 aromatic rings. The molecule has 7 nitrogen and oxygen atoms in total. The van der Waals surface area contributed by atoms with E-state index in [1.54, 1.807) is 12.1 Å². The molecule has 0 amide bonds. The molecule has 1 aliphatic heterocycles. The van der Waals surface area contributed by atoms with Crippen LogP contribution in [0.25, 0.3) is 0 Å². The van der Waals surface area contributed by atoms with Gasteiger partial charge in [-0.3, -0.25) is 4.90 Å². The maximum absolute atomic E-state index is 11.5. The number of nitrogens with zero attached hydrogens (tertiary/aromatic N) is 4. The van der Waals surface area contributed by atoms with Crippen molar-refractivity contribution in [3.05, 3.63) is 35.9 Å². The van der Waals surface area contributed by atoms with Gasteiger partial charge in [0.05, 0.1) is 17.1 Å². The molecule has 0 radical (unpaired) electrons. The van der Waals surface area contributed by atoms with Gasteiger partial charge in [-0.2, -0.15) is 0 Å². The molecule has 0 bridgehead atoms. The molecule has 1 aliphatic rings. The smallest absolute Gasteiger partial charge is 0.177 e. The molecule has 3 heterocycles. The molecule has 8 heteroatoms. The number of hydrogen-bond acceptors (Lipinski definition) is 7. The van der Waals surface area contributed by atoms with Crippen molar-refractivity contribution in [2.24, 2.45) is 0 Å². The Bertz CT molecular complexity index is 762. The monoisotopic (exact) mass is 336 g/mol. The third-order valence-electron chi connectivity index (χ3n) is 3.90. The number of piperazine rings is 1. The van der Waals surface area contributed by atoms with E-state index in [1.807, 2.05) is 13.0 Å². The number of hydrogen-bond donors (Lipinski definition) is 0. The number of sulfone groups is 1. The van der Waals surface area contributed by atoms with Crippen molar-refractivity contribution in [3.63, 3.8) is 0 Å². The molecule has 0 aliphatic carbocycles. The van der Waals surface area contributed by atoms with E-state index in [9.17, 15) is 8.42 Å². The molecule has 0 saturated carbocycles. The van der Waals surface area contributed by atoms with Crippen LogP contribution in [0.5, 0.6) is 0 Å². The van der Waals surface area contributed by atoms with Crippen LogP contribution in [0.1, 0.15) is 11.5 Å². The third-order valence-corrected chi connectivity index (χ3v) is 5.00. The predicted octanol–water partition coefficient (Wildman–Crippen LogP) is 1.10. The van der Waals surface area contributed by atoms with E-state index in [1.165, 1.54) is 12.5 Å². The Morgan fingerprint density at radius 3 is 2.48 bits per heavy atom. The Labute approximate surface area is 135 Å². The van der Waals surface area contributed by atoms with Gasteiger partial charge in [0.1, 0.15) is 5.82 Å². The summed E-state index contributed by atoms with van der Waals surface area (Å²) in [5.41, 5.74) is 0.897. The molecule has 0 atom stereocenters. The molecule has 23 heavy (non-hydrogen) atoms. The van der Waals surface area contributed by atoms with E-state index in [2.05, 4.69) is 19.9 Å². The van der Waals surface area contributed by atoms with Crippen LogP contribution < -0.4 is 4.90 Å². The molecule has 1 fully saturated rings. The minimum atomic E-state index is -3.20. The largest absolute Gasteiger partial charge is 0.360 e. The van der Waals surface area contributed by atoms with Gasteiger partial charge in [-0.25, -0.2) is 13.4 Å². The lowest BCUT2D eigenvalue weighted by molar-refractivity contribution is 0.219. The zero-order valence-electron chi connectivity index (χ0n) is 13.3. The van der Waals surface area contributed by atoms with Crippen molar-refractivity contribution in [1.82, 2.24) is 15.0 Å². The zero-order chi connectivity index (χ0) is 16.4. The highest BCUT2D eigenvalue weighted by molar-refractivity contribution is 7.90. The second-order valence-corrected chi connectivity index (χ2v) is 7.84. The first kappa shape index (κ1) is 15.9. The summed E-state index contributed by atoms with van der Waals surface area (Å²) in [5.74, 6) is 1.69. The summed E-state index contributed by atoms with van der Waals surface area (Å²) >= 11 is 0. The van der Waals surface area contributed by atoms with Gasteiger partial charge in [0.15, 0.2) is 15.6 Å². The highest BCUT2D eigenvalue weighted by Crippen LogP contribution is 2.17. The minimum Gasteiger partial charge on any atom is -0.360 e. The quantitative estimate of drug-likeness (QED) is 0.827. The summed E-state index contributed by atoms with van der Waals surface area (Å²) in [6.07, 6.45) is 2.61. The van der Waals surface area contributed by atoms with Gasteiger partial charge in [-0.05, 0) is 19.1 Å². The highest BCUT2D eigenvalue weighted by atomic mass is 32.2. The van der Waals surface area contributed by atoms with Crippen molar-refractivity contribution in [3.8, 4) is 0 Å². The van der Waals surface area contributed by atoms with E-state index >= 15 is 0 Å². The van der Waals surface area contributed by atoms with Crippen molar-refractivity contribution in [1.29, 1.82) is 0 Å². The van der Waals surface area contributed by atoms with Crippen molar-refractivity contribution < 1.29 is 12.9 Å². The van der Waals surface area contributed by atoms with Gasteiger partial charge < -0.3 is 9.42 Å². The van der Waals surface area contributed by atoms with Gasteiger partial charge in [0, 0.05) is 44.7 Å². The lowest BCUT2D eigenvalue weighted by Crippen LogP contribution is -2.46. The molecular formula is C15H20N4O3S. The van der Waals surface area contributed by atoms with Crippen LogP contribution in [0.15, 0.2) is 33.8 Å². The third kappa shape index (κ3) is 3.89. The summed E-state index contributed by atoms with van der Waals surface area (Å²) in [4.78, 5) is 9.00. The number of aromatic nitrogens is 2. The molecule has 3 rings (SSSR count). The van der Waals surface area contributed by atoms with E-state index in [0.717, 1.165) is 50.0 Å². The molecule has 124 valence electrons. The topological polar surface area (TPSA) is 79.5 Å². The van der Waals surface area contributed by atoms with Crippen molar-refractivity contribution in [2.45, 2.75) is 18.4 Å². The Kier molecular flexibility index (Phi) is 4.36. The lowest BCUT2D eigenvalue weighted by Gasteiger charge is -2.34. The second-order valence-electron chi connectivity index (χ2n) is 5.82. The number of rotatable bonds is 4. The minimum absolute atomic E-state index is 0.251. The van der Waals surface area contributed by atoms with Crippen LogP contribution in [0.4, 0.5) is 5.82 Å². The van der Waals surface area contributed by atoms with Gasteiger partial charge in [0.2, 0.25) is 0 Å². The predicted molar refractivity (Wildman–Crippen MR) is 86.1 cm³/mol. The molecule has 0 unspecified atom stereocenters. The average molecular weight is 336 g/mol. The normalized spacial score (nSPS) is 16.7. The van der Waals surface area contributed by atoms with Crippen LogP contribution >= 0.6 is 0 Å². The standard InChI is InChI=1S/C15H20N4O3S/c1-12-9-13(22-17-12)11-18-5-7-19(8-6-18)15-4-3-14(10-16-15)23(2,20)21/h3-4,9-10H,5-8,11H2,1-2H3. The van der Waals surface area contributed by atoms with E-state index in [0.29, 0.717) is 0 Å². The van der Waals surface area contributed by atoms with E-state index in [4.69, 9.17) is 4.52 Å². The molecule has 0 N–H and O–H groups in total. The van der Waals surface area contributed by atoms with Crippen molar-refractivity contribution in [2.75, 3.05) is 37.3 Å². The molecular weight excluding hydrogens is 316 g/mol. The first-order valence-electron chi connectivity index (χ1n) is 7.47. The highest BCUT2D eigenvalue weighted by Gasteiger charge is 2.19. The van der Waals surface area contributed by atoms with Crippen LogP contribution in [0.3, 0.4) is 0 Å². The molecule has 2 aromatic heterocycles.